The van der Waals surface area contributed by atoms with Gasteiger partial charge in [0.05, 0.1) is 5.69 Å². The number of benzene rings is 1. The first kappa shape index (κ1) is 11.9. The van der Waals surface area contributed by atoms with Crippen LogP contribution in [-0.2, 0) is 0 Å². The molecule has 15 heavy (non-hydrogen) atoms. The van der Waals surface area contributed by atoms with Crippen molar-refractivity contribution in [3.05, 3.63) is 28.6 Å². The maximum Gasteiger partial charge on any atom is 0.131 e. The highest BCUT2D eigenvalue weighted by Gasteiger charge is 2.09. The SMILES string of the molecule is CCC(C)=Nc1cc(C)c(C)c(F)c1C. The van der Waals surface area contributed by atoms with Crippen molar-refractivity contribution in [1.82, 2.24) is 0 Å². The summed E-state index contributed by atoms with van der Waals surface area (Å²) in [6, 6.07) is 1.95. The van der Waals surface area contributed by atoms with Gasteiger partial charge in [0.1, 0.15) is 5.82 Å². The van der Waals surface area contributed by atoms with Crippen molar-refractivity contribution in [3.8, 4) is 0 Å². The molecule has 0 saturated heterocycles. The molecule has 0 N–H and O–H groups in total. The fraction of sp³-hybridized carbons (Fsp3) is 0.462. The van der Waals surface area contributed by atoms with Crippen molar-refractivity contribution in [2.75, 3.05) is 0 Å². The molecule has 0 fully saturated rings. The molecule has 0 unspecified atom stereocenters. The Balaban J connectivity index is 3.33. The van der Waals surface area contributed by atoms with Crippen LogP contribution in [0.5, 0.6) is 0 Å². The molecule has 0 spiro atoms. The van der Waals surface area contributed by atoms with Crippen molar-refractivity contribution < 1.29 is 4.39 Å². The Bertz CT molecular complexity index is 405. The van der Waals surface area contributed by atoms with E-state index in [0.29, 0.717) is 5.56 Å². The summed E-state index contributed by atoms with van der Waals surface area (Å²) in [7, 11) is 0. The second kappa shape index (κ2) is 4.56. The third-order valence-electron chi connectivity index (χ3n) is 2.81. The topological polar surface area (TPSA) is 12.4 Å². The van der Waals surface area contributed by atoms with Crippen LogP contribution in [0.4, 0.5) is 10.1 Å². The molecule has 0 aliphatic heterocycles. The van der Waals surface area contributed by atoms with E-state index in [4.69, 9.17) is 0 Å². The predicted molar refractivity (Wildman–Crippen MR) is 63.7 cm³/mol. The van der Waals surface area contributed by atoms with E-state index in [9.17, 15) is 4.39 Å². The van der Waals surface area contributed by atoms with Crippen LogP contribution in [0.2, 0.25) is 0 Å². The van der Waals surface area contributed by atoms with Gasteiger partial charge in [0.15, 0.2) is 0 Å². The molecule has 1 aromatic carbocycles. The maximum atomic E-state index is 13.7. The Hall–Kier alpha value is -1.18. The Morgan fingerprint density at radius 3 is 2.40 bits per heavy atom. The molecular weight excluding hydrogens is 189 g/mol. The van der Waals surface area contributed by atoms with Gasteiger partial charge in [-0.15, -0.1) is 0 Å². The minimum absolute atomic E-state index is 0.127. The number of rotatable bonds is 2. The second-order valence-corrected chi connectivity index (χ2v) is 3.98. The van der Waals surface area contributed by atoms with Gasteiger partial charge < -0.3 is 0 Å². The average molecular weight is 207 g/mol. The van der Waals surface area contributed by atoms with Gasteiger partial charge in [-0.1, -0.05) is 6.92 Å². The van der Waals surface area contributed by atoms with Gasteiger partial charge in [-0.2, -0.15) is 0 Å². The summed E-state index contributed by atoms with van der Waals surface area (Å²) in [4.78, 5) is 4.42. The lowest BCUT2D eigenvalue weighted by molar-refractivity contribution is 0.608. The molecule has 0 aliphatic carbocycles. The van der Waals surface area contributed by atoms with Gasteiger partial charge >= 0.3 is 0 Å². The molecule has 2 heteroatoms. The number of nitrogens with zero attached hydrogens (tertiary/aromatic N) is 1. The summed E-state index contributed by atoms with van der Waals surface area (Å²) in [5, 5.41) is 0. The van der Waals surface area contributed by atoms with Crippen LogP contribution in [0, 0.1) is 26.6 Å². The van der Waals surface area contributed by atoms with Crippen LogP contribution < -0.4 is 0 Å². The normalized spacial score (nSPS) is 12.0. The quantitative estimate of drug-likeness (QED) is 0.643. The first-order valence-corrected chi connectivity index (χ1v) is 5.27. The van der Waals surface area contributed by atoms with E-state index in [1.807, 2.05) is 26.8 Å². The van der Waals surface area contributed by atoms with Crippen LogP contribution in [0.15, 0.2) is 11.1 Å². The van der Waals surface area contributed by atoms with Gasteiger partial charge in [-0.3, -0.25) is 4.99 Å². The van der Waals surface area contributed by atoms with Crippen molar-refractivity contribution in [3.63, 3.8) is 0 Å². The molecule has 1 aromatic rings. The summed E-state index contributed by atoms with van der Waals surface area (Å²) in [6.45, 7) is 9.51. The van der Waals surface area contributed by atoms with E-state index < -0.39 is 0 Å². The van der Waals surface area contributed by atoms with Gasteiger partial charge in [0.25, 0.3) is 0 Å². The van der Waals surface area contributed by atoms with Gasteiger partial charge in [-0.25, -0.2) is 4.39 Å². The molecule has 0 aromatic heterocycles. The smallest absolute Gasteiger partial charge is 0.131 e. The lowest BCUT2D eigenvalue weighted by Crippen LogP contribution is -1.94. The second-order valence-electron chi connectivity index (χ2n) is 3.98. The first-order chi connectivity index (χ1) is 6.97. The van der Waals surface area contributed by atoms with Gasteiger partial charge in [-0.05, 0) is 51.3 Å². The zero-order valence-corrected chi connectivity index (χ0v) is 10.1. The maximum absolute atomic E-state index is 13.7. The zero-order chi connectivity index (χ0) is 11.6. The lowest BCUT2D eigenvalue weighted by Gasteiger charge is -2.09. The lowest BCUT2D eigenvalue weighted by atomic mass is 10.0. The van der Waals surface area contributed by atoms with Crippen LogP contribution in [0.25, 0.3) is 0 Å². The van der Waals surface area contributed by atoms with Crippen molar-refractivity contribution in [2.45, 2.75) is 41.0 Å². The molecule has 82 valence electrons. The Kier molecular flexibility index (Phi) is 3.61. The highest BCUT2D eigenvalue weighted by Crippen LogP contribution is 2.27. The van der Waals surface area contributed by atoms with E-state index in [-0.39, 0.29) is 5.82 Å². The summed E-state index contributed by atoms with van der Waals surface area (Å²) in [6.07, 6.45) is 0.897. The van der Waals surface area contributed by atoms with E-state index in [1.54, 1.807) is 13.8 Å². The molecule has 0 aliphatic rings. The third kappa shape index (κ3) is 2.44. The Morgan fingerprint density at radius 2 is 1.87 bits per heavy atom. The molecule has 1 nitrogen and oxygen atoms in total. The highest BCUT2D eigenvalue weighted by molar-refractivity contribution is 5.84. The van der Waals surface area contributed by atoms with Crippen molar-refractivity contribution in [2.24, 2.45) is 4.99 Å². The largest absolute Gasteiger partial charge is 0.258 e. The first-order valence-electron chi connectivity index (χ1n) is 5.27. The Morgan fingerprint density at radius 1 is 1.27 bits per heavy atom. The molecule has 0 saturated carbocycles. The minimum Gasteiger partial charge on any atom is -0.258 e. The molecular formula is C13H18FN. The van der Waals surface area contributed by atoms with E-state index >= 15 is 0 Å². The number of aliphatic imine (C=N–C) groups is 1. The molecule has 1 rings (SSSR count). The predicted octanol–water partition coefficient (Wildman–Crippen LogP) is 4.25. The van der Waals surface area contributed by atoms with Gasteiger partial charge in [0.2, 0.25) is 0 Å². The van der Waals surface area contributed by atoms with Crippen LogP contribution >= 0.6 is 0 Å². The van der Waals surface area contributed by atoms with Crippen molar-refractivity contribution in [1.29, 1.82) is 0 Å². The molecule has 0 heterocycles. The van der Waals surface area contributed by atoms with E-state index in [1.165, 1.54) is 0 Å². The fourth-order valence-corrected chi connectivity index (χ4v) is 1.39. The zero-order valence-electron chi connectivity index (χ0n) is 10.1. The highest BCUT2D eigenvalue weighted by atomic mass is 19.1. The monoisotopic (exact) mass is 207 g/mol. The fourth-order valence-electron chi connectivity index (χ4n) is 1.39. The number of aryl methyl sites for hydroxylation is 1. The third-order valence-corrected chi connectivity index (χ3v) is 2.81. The number of hydrogen-bond acceptors (Lipinski definition) is 1. The summed E-state index contributed by atoms with van der Waals surface area (Å²) < 4.78 is 13.7. The molecule has 0 radical (unpaired) electrons. The van der Waals surface area contributed by atoms with Gasteiger partial charge in [0, 0.05) is 11.3 Å². The minimum atomic E-state index is -0.127. The molecule has 0 atom stereocenters. The Labute approximate surface area is 91.0 Å². The molecule has 0 bridgehead atoms. The summed E-state index contributed by atoms with van der Waals surface area (Å²) in [5.74, 6) is -0.127. The standard InChI is InChI=1S/C13H18FN/c1-6-9(3)15-12-7-8(2)10(4)13(14)11(12)5/h7H,6H2,1-5H3. The summed E-state index contributed by atoms with van der Waals surface area (Å²) in [5.41, 5.74) is 4.11. The van der Waals surface area contributed by atoms with Crippen LogP contribution in [0.3, 0.4) is 0 Å². The summed E-state index contributed by atoms with van der Waals surface area (Å²) >= 11 is 0. The molecule has 0 amide bonds. The van der Waals surface area contributed by atoms with Crippen molar-refractivity contribution >= 4 is 11.4 Å². The average Bonchev–Trinajstić information content (AvgIpc) is 2.22. The number of halogens is 1. The van der Waals surface area contributed by atoms with E-state index in [2.05, 4.69) is 4.99 Å². The van der Waals surface area contributed by atoms with Crippen LogP contribution in [0.1, 0.15) is 37.0 Å². The van der Waals surface area contributed by atoms with E-state index in [0.717, 1.165) is 28.9 Å². The van der Waals surface area contributed by atoms with Crippen LogP contribution in [-0.4, -0.2) is 5.71 Å². The number of hydrogen-bond donors (Lipinski definition) is 0.